The zero-order chi connectivity index (χ0) is 16.2. The van der Waals surface area contributed by atoms with Gasteiger partial charge in [0.1, 0.15) is 5.76 Å². The van der Waals surface area contributed by atoms with E-state index in [2.05, 4.69) is 21.9 Å². The van der Waals surface area contributed by atoms with Gasteiger partial charge in [-0.3, -0.25) is 9.59 Å². The lowest BCUT2D eigenvalue weighted by Crippen LogP contribution is -2.28. The zero-order valence-electron chi connectivity index (χ0n) is 13.4. The average Bonchev–Trinajstić information content (AvgIpc) is 3.26. The lowest BCUT2D eigenvalue weighted by molar-refractivity contribution is -0.125. The molecule has 1 aromatic heterocycles. The molecular formula is C17H23N3O3. The van der Waals surface area contributed by atoms with Gasteiger partial charge in [-0.05, 0) is 45.4 Å². The van der Waals surface area contributed by atoms with E-state index in [1.54, 1.807) is 13.0 Å². The zero-order valence-corrected chi connectivity index (χ0v) is 13.4. The molecule has 2 aliphatic carbocycles. The van der Waals surface area contributed by atoms with Gasteiger partial charge in [0.2, 0.25) is 11.8 Å². The number of rotatable bonds is 6. The third kappa shape index (κ3) is 4.21. The van der Waals surface area contributed by atoms with Crippen LogP contribution in [-0.4, -0.2) is 23.5 Å². The largest absolute Gasteiger partial charge is 0.360 e. The predicted molar refractivity (Wildman–Crippen MR) is 85.6 cm³/mol. The Kier molecular flexibility index (Phi) is 4.79. The van der Waals surface area contributed by atoms with Crippen LogP contribution in [0, 0.1) is 18.8 Å². The lowest BCUT2D eigenvalue weighted by Gasteiger charge is -2.12. The number of nitrogens with one attached hydrogen (secondary N) is 2. The molecule has 2 aliphatic rings. The summed E-state index contributed by atoms with van der Waals surface area (Å²) < 4.78 is 4.90. The molecule has 6 heteroatoms. The summed E-state index contributed by atoms with van der Waals surface area (Å²) >= 11 is 0. The van der Waals surface area contributed by atoms with E-state index in [4.69, 9.17) is 4.52 Å². The second-order valence-corrected chi connectivity index (χ2v) is 6.41. The number of allylic oxidation sites excluding steroid dienone is 1. The first-order valence-corrected chi connectivity index (χ1v) is 8.33. The van der Waals surface area contributed by atoms with E-state index in [0.29, 0.717) is 24.5 Å². The standard InChI is InChI=1S/C17H23N3O3/c1-11-9-15(20-23-11)19-17(22)14-10-13(14)16(21)18-8-7-12-5-3-2-4-6-12/h5,9,13-14H,2-4,6-8,10H2,1H3,(H,18,21)(H,19,20,22). The van der Waals surface area contributed by atoms with Crippen LogP contribution in [0.5, 0.6) is 0 Å². The average molecular weight is 317 g/mol. The second kappa shape index (κ2) is 6.98. The van der Waals surface area contributed by atoms with E-state index in [0.717, 1.165) is 19.3 Å². The fourth-order valence-electron chi connectivity index (χ4n) is 3.03. The quantitative estimate of drug-likeness (QED) is 0.790. The molecule has 0 bridgehead atoms. The Hall–Kier alpha value is -2.11. The van der Waals surface area contributed by atoms with E-state index >= 15 is 0 Å². The first kappa shape index (κ1) is 15.8. The van der Waals surface area contributed by atoms with Gasteiger partial charge < -0.3 is 15.2 Å². The molecule has 1 saturated carbocycles. The highest BCUT2D eigenvalue weighted by atomic mass is 16.5. The molecule has 124 valence electrons. The van der Waals surface area contributed by atoms with Crippen molar-refractivity contribution in [2.45, 2.75) is 45.4 Å². The van der Waals surface area contributed by atoms with Crippen molar-refractivity contribution >= 4 is 17.6 Å². The number of aryl methyl sites for hydroxylation is 1. The van der Waals surface area contributed by atoms with Crippen molar-refractivity contribution in [1.29, 1.82) is 0 Å². The Labute approximate surface area is 135 Å². The van der Waals surface area contributed by atoms with Crippen molar-refractivity contribution in [3.05, 3.63) is 23.5 Å². The van der Waals surface area contributed by atoms with Crippen LogP contribution in [0.15, 0.2) is 22.2 Å². The first-order valence-electron chi connectivity index (χ1n) is 8.33. The summed E-state index contributed by atoms with van der Waals surface area (Å²) in [7, 11) is 0. The van der Waals surface area contributed by atoms with Crippen molar-refractivity contribution in [3.63, 3.8) is 0 Å². The molecule has 0 aliphatic heterocycles. The molecule has 6 nitrogen and oxygen atoms in total. The van der Waals surface area contributed by atoms with Crippen molar-refractivity contribution in [3.8, 4) is 0 Å². The number of hydrogen-bond donors (Lipinski definition) is 2. The number of nitrogens with zero attached hydrogens (tertiary/aromatic N) is 1. The molecule has 0 saturated heterocycles. The number of aromatic nitrogens is 1. The smallest absolute Gasteiger partial charge is 0.229 e. The molecule has 0 aromatic carbocycles. The molecule has 1 heterocycles. The SMILES string of the molecule is Cc1cc(NC(=O)C2CC2C(=O)NCCC2=CCCCC2)no1. The highest BCUT2D eigenvalue weighted by Crippen LogP contribution is 2.39. The molecule has 0 radical (unpaired) electrons. The number of carbonyl (C=O) groups is 2. The summed E-state index contributed by atoms with van der Waals surface area (Å²) in [5.74, 6) is 0.417. The minimum atomic E-state index is -0.249. The Bertz CT molecular complexity index is 620. The molecular weight excluding hydrogens is 294 g/mol. The van der Waals surface area contributed by atoms with Crippen molar-refractivity contribution in [2.24, 2.45) is 11.8 Å². The van der Waals surface area contributed by atoms with E-state index in [9.17, 15) is 9.59 Å². The summed E-state index contributed by atoms with van der Waals surface area (Å²) in [5, 5.41) is 9.36. The van der Waals surface area contributed by atoms with Crippen molar-refractivity contribution < 1.29 is 14.1 Å². The van der Waals surface area contributed by atoms with Gasteiger partial charge in [0.15, 0.2) is 5.82 Å². The van der Waals surface area contributed by atoms with Gasteiger partial charge >= 0.3 is 0 Å². The van der Waals surface area contributed by atoms with E-state index in [1.807, 2.05) is 0 Å². The fourth-order valence-corrected chi connectivity index (χ4v) is 3.03. The highest BCUT2D eigenvalue weighted by Gasteiger charge is 2.48. The van der Waals surface area contributed by atoms with Gasteiger partial charge in [0.25, 0.3) is 0 Å². The number of carbonyl (C=O) groups excluding carboxylic acids is 2. The minimum Gasteiger partial charge on any atom is -0.360 e. The van der Waals surface area contributed by atoms with Gasteiger partial charge in [0, 0.05) is 12.6 Å². The van der Waals surface area contributed by atoms with Gasteiger partial charge in [0.05, 0.1) is 11.8 Å². The van der Waals surface area contributed by atoms with Crippen LogP contribution < -0.4 is 10.6 Å². The fraction of sp³-hybridized carbons (Fsp3) is 0.588. The molecule has 2 amide bonds. The summed E-state index contributed by atoms with van der Waals surface area (Å²) in [6.07, 6.45) is 8.68. The van der Waals surface area contributed by atoms with E-state index in [-0.39, 0.29) is 23.7 Å². The number of anilines is 1. The maximum atomic E-state index is 12.1. The Morgan fingerprint density at radius 1 is 1.30 bits per heavy atom. The molecule has 2 unspecified atom stereocenters. The van der Waals surface area contributed by atoms with Crippen LogP contribution in [0.25, 0.3) is 0 Å². The predicted octanol–water partition coefficient (Wildman–Crippen LogP) is 2.56. The molecule has 2 N–H and O–H groups in total. The summed E-state index contributed by atoms with van der Waals surface area (Å²) in [4.78, 5) is 24.1. The summed E-state index contributed by atoms with van der Waals surface area (Å²) in [6, 6.07) is 1.66. The van der Waals surface area contributed by atoms with Gasteiger partial charge in [-0.2, -0.15) is 0 Å². The van der Waals surface area contributed by atoms with Crippen LogP contribution in [0.1, 0.15) is 44.3 Å². The summed E-state index contributed by atoms with van der Waals surface area (Å²) in [5.41, 5.74) is 1.45. The van der Waals surface area contributed by atoms with Crippen LogP contribution >= 0.6 is 0 Å². The van der Waals surface area contributed by atoms with Gasteiger partial charge in [-0.1, -0.05) is 16.8 Å². The minimum absolute atomic E-state index is 0.0158. The summed E-state index contributed by atoms with van der Waals surface area (Å²) in [6.45, 7) is 2.43. The molecule has 2 atom stereocenters. The van der Waals surface area contributed by atoms with Crippen molar-refractivity contribution in [1.82, 2.24) is 10.5 Å². The topological polar surface area (TPSA) is 84.2 Å². The molecule has 0 spiro atoms. The van der Waals surface area contributed by atoms with Crippen molar-refractivity contribution in [2.75, 3.05) is 11.9 Å². The van der Waals surface area contributed by atoms with E-state index in [1.165, 1.54) is 18.4 Å². The molecule has 3 rings (SSSR count). The van der Waals surface area contributed by atoms with Crippen LogP contribution in [0.3, 0.4) is 0 Å². The monoisotopic (exact) mass is 317 g/mol. The second-order valence-electron chi connectivity index (χ2n) is 6.41. The van der Waals surface area contributed by atoms with E-state index < -0.39 is 0 Å². The Morgan fingerprint density at radius 3 is 2.83 bits per heavy atom. The van der Waals surface area contributed by atoms with Crippen LogP contribution in [-0.2, 0) is 9.59 Å². The van der Waals surface area contributed by atoms with Crippen LogP contribution in [0.4, 0.5) is 5.82 Å². The first-order chi connectivity index (χ1) is 11.1. The highest BCUT2D eigenvalue weighted by molar-refractivity contribution is 5.99. The third-order valence-corrected chi connectivity index (χ3v) is 4.47. The van der Waals surface area contributed by atoms with Gasteiger partial charge in [-0.15, -0.1) is 0 Å². The van der Waals surface area contributed by atoms with Crippen LogP contribution in [0.2, 0.25) is 0 Å². The Morgan fingerprint density at radius 2 is 2.13 bits per heavy atom. The normalized spacial score (nSPS) is 23.1. The third-order valence-electron chi connectivity index (χ3n) is 4.47. The maximum absolute atomic E-state index is 12.1. The number of amides is 2. The Balaban J connectivity index is 1.38. The molecule has 1 aromatic rings. The number of hydrogen-bond acceptors (Lipinski definition) is 4. The molecule has 23 heavy (non-hydrogen) atoms. The maximum Gasteiger partial charge on any atom is 0.229 e. The molecule has 1 fully saturated rings. The lowest BCUT2D eigenvalue weighted by atomic mass is 9.97. The van der Waals surface area contributed by atoms with Gasteiger partial charge in [-0.25, -0.2) is 0 Å².